The zero-order chi connectivity index (χ0) is 15.6. The Morgan fingerprint density at radius 1 is 1.38 bits per heavy atom. The van der Waals surface area contributed by atoms with Gasteiger partial charge in [0, 0.05) is 5.38 Å². The van der Waals surface area contributed by atoms with E-state index in [1.807, 2.05) is 0 Å². The van der Waals surface area contributed by atoms with E-state index in [1.54, 1.807) is 0 Å². The minimum Gasteiger partial charge on any atom is -0.476 e. The topological polar surface area (TPSA) is 79.3 Å². The van der Waals surface area contributed by atoms with Crippen LogP contribution in [0, 0.1) is 18.6 Å². The zero-order valence-corrected chi connectivity index (χ0v) is 11.6. The molecule has 21 heavy (non-hydrogen) atoms. The molecule has 2 N–H and O–H groups in total. The number of carbonyl (C=O) groups excluding carboxylic acids is 1. The van der Waals surface area contributed by atoms with E-state index in [0.29, 0.717) is 5.01 Å². The molecule has 1 aromatic heterocycles. The molecule has 110 valence electrons. The first-order valence-corrected chi connectivity index (χ1v) is 6.68. The molecular formula is C13H10F2N2O3S. The molecule has 1 amide bonds. The number of aromatic nitrogens is 1. The highest BCUT2D eigenvalue weighted by Gasteiger charge is 2.19. The molecule has 0 fully saturated rings. The highest BCUT2D eigenvalue weighted by Crippen LogP contribution is 2.16. The monoisotopic (exact) mass is 312 g/mol. The van der Waals surface area contributed by atoms with Crippen LogP contribution in [0.15, 0.2) is 17.5 Å². The maximum Gasteiger partial charge on any atom is 0.355 e. The number of halogens is 2. The number of nitrogens with zero attached hydrogens (tertiary/aromatic N) is 1. The average molecular weight is 312 g/mol. The SMILES string of the molecule is Cc1ccc(F)c(C(=O)NCc2nc(C(=O)O)cs2)c1F. The molecule has 1 aromatic carbocycles. The van der Waals surface area contributed by atoms with Crippen molar-refractivity contribution in [3.63, 3.8) is 0 Å². The summed E-state index contributed by atoms with van der Waals surface area (Å²) in [5.74, 6) is -3.97. The number of hydrogen-bond acceptors (Lipinski definition) is 4. The van der Waals surface area contributed by atoms with Crippen LogP contribution in [0.25, 0.3) is 0 Å². The number of carbonyl (C=O) groups is 2. The third-order valence-corrected chi connectivity index (χ3v) is 3.53. The molecule has 0 aliphatic rings. The van der Waals surface area contributed by atoms with Gasteiger partial charge in [0.25, 0.3) is 5.91 Å². The first kappa shape index (κ1) is 15.0. The van der Waals surface area contributed by atoms with Gasteiger partial charge in [-0.05, 0) is 18.6 Å². The molecule has 0 aliphatic heterocycles. The summed E-state index contributed by atoms with van der Waals surface area (Å²) >= 11 is 1.03. The fourth-order valence-corrected chi connectivity index (χ4v) is 2.31. The van der Waals surface area contributed by atoms with Gasteiger partial charge in [0.2, 0.25) is 0 Å². The summed E-state index contributed by atoms with van der Waals surface area (Å²) in [6.45, 7) is 1.31. The Balaban J connectivity index is 2.12. The largest absolute Gasteiger partial charge is 0.476 e. The van der Waals surface area contributed by atoms with E-state index < -0.39 is 29.1 Å². The highest BCUT2D eigenvalue weighted by molar-refractivity contribution is 7.09. The number of aromatic carboxylic acids is 1. The fourth-order valence-electron chi connectivity index (χ4n) is 1.60. The summed E-state index contributed by atoms with van der Waals surface area (Å²) in [4.78, 5) is 26.2. The molecule has 2 rings (SSSR count). The predicted molar refractivity (Wildman–Crippen MR) is 71.3 cm³/mol. The van der Waals surface area contributed by atoms with Crippen LogP contribution in [0.2, 0.25) is 0 Å². The number of aryl methyl sites for hydroxylation is 1. The molecule has 0 saturated heterocycles. The molecule has 1 heterocycles. The summed E-state index contributed by atoms with van der Waals surface area (Å²) in [6.07, 6.45) is 0. The average Bonchev–Trinajstić information content (AvgIpc) is 2.90. The van der Waals surface area contributed by atoms with Gasteiger partial charge in [-0.25, -0.2) is 18.6 Å². The Bertz CT molecular complexity index is 715. The van der Waals surface area contributed by atoms with Crippen molar-refractivity contribution >= 4 is 23.2 Å². The van der Waals surface area contributed by atoms with Crippen molar-refractivity contribution in [2.75, 3.05) is 0 Å². The third-order valence-electron chi connectivity index (χ3n) is 2.68. The quantitative estimate of drug-likeness (QED) is 0.908. The molecule has 0 radical (unpaired) electrons. The number of hydrogen-bond donors (Lipinski definition) is 2. The lowest BCUT2D eigenvalue weighted by atomic mass is 10.1. The lowest BCUT2D eigenvalue weighted by molar-refractivity contribution is 0.0691. The van der Waals surface area contributed by atoms with E-state index in [2.05, 4.69) is 10.3 Å². The molecule has 5 nitrogen and oxygen atoms in total. The molecule has 0 atom stereocenters. The number of rotatable bonds is 4. The van der Waals surface area contributed by atoms with Gasteiger partial charge in [-0.1, -0.05) is 6.07 Å². The van der Waals surface area contributed by atoms with Crippen molar-refractivity contribution < 1.29 is 23.5 Å². The van der Waals surface area contributed by atoms with Crippen molar-refractivity contribution in [2.45, 2.75) is 13.5 Å². The van der Waals surface area contributed by atoms with Crippen molar-refractivity contribution in [3.05, 3.63) is 51.0 Å². The second kappa shape index (κ2) is 5.96. The van der Waals surface area contributed by atoms with Crippen LogP contribution in [-0.4, -0.2) is 22.0 Å². The van der Waals surface area contributed by atoms with E-state index in [9.17, 15) is 18.4 Å². The van der Waals surface area contributed by atoms with Gasteiger partial charge in [-0.3, -0.25) is 4.79 Å². The molecule has 0 unspecified atom stereocenters. The number of benzene rings is 1. The molecule has 0 aliphatic carbocycles. The van der Waals surface area contributed by atoms with E-state index in [4.69, 9.17) is 5.11 Å². The van der Waals surface area contributed by atoms with Gasteiger partial charge in [-0.15, -0.1) is 11.3 Å². The molecular weight excluding hydrogens is 302 g/mol. The first-order chi connectivity index (χ1) is 9.90. The Kier molecular flexibility index (Phi) is 4.27. The second-order valence-corrected chi connectivity index (χ2v) is 5.11. The second-order valence-electron chi connectivity index (χ2n) is 4.17. The minimum absolute atomic E-state index is 0.108. The summed E-state index contributed by atoms with van der Waals surface area (Å²) in [6, 6.07) is 2.25. The van der Waals surface area contributed by atoms with Crippen molar-refractivity contribution in [1.82, 2.24) is 10.3 Å². The van der Waals surface area contributed by atoms with Gasteiger partial charge < -0.3 is 10.4 Å². The predicted octanol–water partition coefficient (Wildman–Crippen LogP) is 2.36. The number of carboxylic acid groups (broad SMARTS) is 1. The Labute approximate surface area is 122 Å². The van der Waals surface area contributed by atoms with Crippen molar-refractivity contribution in [2.24, 2.45) is 0 Å². The summed E-state index contributed by atoms with van der Waals surface area (Å²) in [7, 11) is 0. The summed E-state index contributed by atoms with van der Waals surface area (Å²) in [5, 5.41) is 12.7. The number of amides is 1. The molecule has 0 spiro atoms. The van der Waals surface area contributed by atoms with Crippen LogP contribution in [0.5, 0.6) is 0 Å². The Hall–Kier alpha value is -2.35. The van der Waals surface area contributed by atoms with Gasteiger partial charge in [0.1, 0.15) is 22.2 Å². The van der Waals surface area contributed by atoms with E-state index in [-0.39, 0.29) is 17.8 Å². The Morgan fingerprint density at radius 3 is 2.71 bits per heavy atom. The third kappa shape index (κ3) is 3.22. The van der Waals surface area contributed by atoms with Crippen LogP contribution < -0.4 is 5.32 Å². The molecule has 8 heteroatoms. The summed E-state index contributed by atoms with van der Waals surface area (Å²) < 4.78 is 27.3. The van der Waals surface area contributed by atoms with Gasteiger partial charge in [0.05, 0.1) is 6.54 Å². The first-order valence-electron chi connectivity index (χ1n) is 5.80. The summed E-state index contributed by atoms with van der Waals surface area (Å²) in [5.41, 5.74) is -0.647. The minimum atomic E-state index is -1.18. The maximum absolute atomic E-state index is 13.8. The van der Waals surface area contributed by atoms with Gasteiger partial charge in [0.15, 0.2) is 5.69 Å². The normalized spacial score (nSPS) is 10.4. The van der Waals surface area contributed by atoms with Crippen molar-refractivity contribution in [3.8, 4) is 0 Å². The van der Waals surface area contributed by atoms with Crippen LogP contribution in [0.4, 0.5) is 8.78 Å². The van der Waals surface area contributed by atoms with Gasteiger partial charge in [-0.2, -0.15) is 0 Å². The number of thiazole rings is 1. The standard InChI is InChI=1S/C13H10F2N2O3S/c1-6-2-3-7(14)10(11(6)15)12(18)16-4-9-17-8(5-21-9)13(19)20/h2-3,5H,4H2,1H3,(H,16,18)(H,19,20). The van der Waals surface area contributed by atoms with Crippen LogP contribution in [0.1, 0.15) is 31.4 Å². The number of carboxylic acids is 1. The zero-order valence-electron chi connectivity index (χ0n) is 10.8. The van der Waals surface area contributed by atoms with E-state index in [0.717, 1.165) is 17.4 Å². The Morgan fingerprint density at radius 2 is 2.10 bits per heavy atom. The van der Waals surface area contributed by atoms with E-state index >= 15 is 0 Å². The lowest BCUT2D eigenvalue weighted by Gasteiger charge is -2.07. The van der Waals surface area contributed by atoms with E-state index in [1.165, 1.54) is 18.4 Å². The number of nitrogens with one attached hydrogen (secondary N) is 1. The van der Waals surface area contributed by atoms with Crippen LogP contribution >= 0.6 is 11.3 Å². The molecule has 2 aromatic rings. The van der Waals surface area contributed by atoms with Crippen LogP contribution in [-0.2, 0) is 6.54 Å². The smallest absolute Gasteiger partial charge is 0.355 e. The van der Waals surface area contributed by atoms with Crippen molar-refractivity contribution in [1.29, 1.82) is 0 Å². The highest BCUT2D eigenvalue weighted by atomic mass is 32.1. The fraction of sp³-hybridized carbons (Fsp3) is 0.154. The lowest BCUT2D eigenvalue weighted by Crippen LogP contribution is -2.25. The van der Waals surface area contributed by atoms with Crippen LogP contribution in [0.3, 0.4) is 0 Å². The maximum atomic E-state index is 13.8. The van der Waals surface area contributed by atoms with Gasteiger partial charge >= 0.3 is 5.97 Å². The molecule has 0 bridgehead atoms. The molecule has 0 saturated carbocycles.